The van der Waals surface area contributed by atoms with Gasteiger partial charge in [0.2, 0.25) is 0 Å². The molecule has 72 valence electrons. The molecule has 2 nitrogen and oxygen atoms in total. The summed E-state index contributed by atoms with van der Waals surface area (Å²) in [5.74, 6) is -0.277. The minimum absolute atomic E-state index is 0.277. The number of nitrogens with zero attached hydrogens (tertiary/aromatic N) is 1. The van der Waals surface area contributed by atoms with E-state index in [2.05, 4.69) is 4.99 Å². The van der Waals surface area contributed by atoms with Crippen molar-refractivity contribution in [1.82, 2.24) is 0 Å². The first-order chi connectivity index (χ1) is 6.68. The molecular weight excluding hydrogens is 203 g/mol. The van der Waals surface area contributed by atoms with Gasteiger partial charge in [0.25, 0.3) is 0 Å². The molecule has 1 aromatic carbocycles. The van der Waals surface area contributed by atoms with E-state index in [0.717, 1.165) is 5.56 Å². The molecule has 4 heteroatoms. The van der Waals surface area contributed by atoms with Crippen LogP contribution in [0.15, 0.2) is 40.0 Å². The second-order valence-corrected chi connectivity index (χ2v) is 3.39. The van der Waals surface area contributed by atoms with Crippen LogP contribution in [-0.2, 0) is 0 Å². The molecule has 0 spiro atoms. The lowest BCUT2D eigenvalue weighted by atomic mass is 10.1. The van der Waals surface area contributed by atoms with Crippen molar-refractivity contribution in [2.75, 3.05) is 6.54 Å². The molecule has 0 radical (unpaired) electrons. The smallest absolute Gasteiger partial charge is 0.123 e. The molecule has 0 aliphatic carbocycles. The van der Waals surface area contributed by atoms with Crippen LogP contribution >= 0.6 is 11.6 Å². The largest absolute Gasteiger partial charge is 0.399 e. The third kappa shape index (κ3) is 1.51. The second kappa shape index (κ2) is 3.42. The number of nitrogens with two attached hydrogens (primary N) is 1. The van der Waals surface area contributed by atoms with E-state index in [1.165, 1.54) is 12.1 Å². The van der Waals surface area contributed by atoms with E-state index >= 15 is 0 Å². The van der Waals surface area contributed by atoms with Crippen LogP contribution in [0.3, 0.4) is 0 Å². The van der Waals surface area contributed by atoms with E-state index < -0.39 is 0 Å². The van der Waals surface area contributed by atoms with Crippen LogP contribution in [0.5, 0.6) is 0 Å². The fourth-order valence-corrected chi connectivity index (χ4v) is 1.51. The van der Waals surface area contributed by atoms with E-state index in [-0.39, 0.29) is 5.82 Å². The van der Waals surface area contributed by atoms with E-state index in [0.29, 0.717) is 23.0 Å². The monoisotopic (exact) mass is 210 g/mol. The third-order valence-corrected chi connectivity index (χ3v) is 2.44. The number of halogens is 2. The van der Waals surface area contributed by atoms with Gasteiger partial charge in [-0.05, 0) is 24.3 Å². The summed E-state index contributed by atoms with van der Waals surface area (Å²) >= 11 is 5.93. The zero-order valence-corrected chi connectivity index (χ0v) is 8.05. The molecule has 0 bridgehead atoms. The van der Waals surface area contributed by atoms with E-state index in [9.17, 15) is 4.39 Å². The molecule has 0 saturated heterocycles. The van der Waals surface area contributed by atoms with E-state index in [1.54, 1.807) is 12.1 Å². The molecule has 0 fully saturated rings. The van der Waals surface area contributed by atoms with Crippen molar-refractivity contribution in [1.29, 1.82) is 0 Å². The Morgan fingerprint density at radius 2 is 1.93 bits per heavy atom. The first-order valence-corrected chi connectivity index (χ1v) is 4.51. The molecule has 0 unspecified atom stereocenters. The minimum atomic E-state index is -0.277. The van der Waals surface area contributed by atoms with Gasteiger partial charge in [-0.1, -0.05) is 11.6 Å². The van der Waals surface area contributed by atoms with E-state index in [1.807, 2.05) is 0 Å². The number of benzene rings is 1. The van der Waals surface area contributed by atoms with E-state index in [4.69, 9.17) is 17.3 Å². The first kappa shape index (κ1) is 9.21. The summed E-state index contributed by atoms with van der Waals surface area (Å²) in [6, 6.07) is 6.01. The molecule has 1 aromatic rings. The van der Waals surface area contributed by atoms with Crippen molar-refractivity contribution in [3.05, 3.63) is 46.4 Å². The summed E-state index contributed by atoms with van der Waals surface area (Å²) < 4.78 is 12.6. The average molecular weight is 211 g/mol. The molecule has 2 N–H and O–H groups in total. The van der Waals surface area contributed by atoms with Crippen LogP contribution in [0, 0.1) is 5.82 Å². The summed E-state index contributed by atoms with van der Waals surface area (Å²) in [5, 5.41) is 0.469. The molecule has 2 rings (SSSR count). The zero-order chi connectivity index (χ0) is 10.1. The maximum atomic E-state index is 12.6. The Morgan fingerprint density at radius 1 is 1.29 bits per heavy atom. The van der Waals surface area contributed by atoms with Gasteiger partial charge in [0.1, 0.15) is 5.82 Å². The standard InChI is InChI=1S/C10H8ClFN2/c11-9-8(13)5-14-10(9)6-1-3-7(12)4-2-6/h1-4H,5,13H2. The molecule has 1 aliphatic rings. The second-order valence-electron chi connectivity index (χ2n) is 3.01. The Balaban J connectivity index is 2.38. The fourth-order valence-electron chi connectivity index (χ4n) is 1.28. The van der Waals surface area contributed by atoms with Crippen molar-refractivity contribution in [3.63, 3.8) is 0 Å². The van der Waals surface area contributed by atoms with Gasteiger partial charge in [0, 0.05) is 5.56 Å². The Kier molecular flexibility index (Phi) is 2.25. The number of allylic oxidation sites excluding steroid dienone is 1. The molecule has 0 atom stereocenters. The van der Waals surface area contributed by atoms with Crippen LogP contribution in [0.1, 0.15) is 5.56 Å². The topological polar surface area (TPSA) is 38.4 Å². The fraction of sp³-hybridized carbons (Fsp3) is 0.100. The Hall–Kier alpha value is -1.35. The molecule has 14 heavy (non-hydrogen) atoms. The summed E-state index contributed by atoms with van der Waals surface area (Å²) in [6.45, 7) is 0.422. The molecule has 0 aromatic heterocycles. The average Bonchev–Trinajstić information content (AvgIpc) is 2.50. The number of rotatable bonds is 1. The van der Waals surface area contributed by atoms with Crippen molar-refractivity contribution in [2.24, 2.45) is 10.7 Å². The highest BCUT2D eigenvalue weighted by molar-refractivity contribution is 6.47. The number of hydrogen-bond acceptors (Lipinski definition) is 2. The number of aliphatic imine (C=N–C) groups is 1. The highest BCUT2D eigenvalue weighted by Gasteiger charge is 2.16. The quantitative estimate of drug-likeness (QED) is 0.757. The molecule has 0 amide bonds. The predicted octanol–water partition coefficient (Wildman–Crippen LogP) is 2.04. The van der Waals surface area contributed by atoms with Crippen molar-refractivity contribution < 1.29 is 4.39 Å². The van der Waals surface area contributed by atoms with Gasteiger partial charge in [-0.2, -0.15) is 0 Å². The lowest BCUT2D eigenvalue weighted by Crippen LogP contribution is -2.02. The van der Waals surface area contributed by atoms with Gasteiger partial charge in [-0.25, -0.2) is 4.39 Å². The summed E-state index contributed by atoms with van der Waals surface area (Å²) in [5.41, 5.74) is 7.59. The Bertz CT molecular complexity index is 420. The Labute approximate surface area is 85.9 Å². The van der Waals surface area contributed by atoms with Gasteiger partial charge >= 0.3 is 0 Å². The van der Waals surface area contributed by atoms with Crippen LogP contribution in [-0.4, -0.2) is 12.3 Å². The normalized spacial score (nSPS) is 16.0. The molecule has 1 heterocycles. The maximum Gasteiger partial charge on any atom is 0.123 e. The highest BCUT2D eigenvalue weighted by atomic mass is 35.5. The van der Waals surface area contributed by atoms with Crippen LogP contribution < -0.4 is 5.73 Å². The van der Waals surface area contributed by atoms with Crippen molar-refractivity contribution >= 4 is 17.3 Å². The lowest BCUT2D eigenvalue weighted by molar-refractivity contribution is 0.628. The van der Waals surface area contributed by atoms with Gasteiger partial charge in [0.15, 0.2) is 0 Å². The number of hydrogen-bond donors (Lipinski definition) is 1. The zero-order valence-electron chi connectivity index (χ0n) is 7.30. The van der Waals surface area contributed by atoms with Gasteiger partial charge in [0.05, 0.1) is 23.0 Å². The van der Waals surface area contributed by atoms with Gasteiger partial charge in [-0.15, -0.1) is 0 Å². The predicted molar refractivity (Wildman–Crippen MR) is 54.9 cm³/mol. The lowest BCUT2D eigenvalue weighted by Gasteiger charge is -2.00. The first-order valence-electron chi connectivity index (χ1n) is 4.13. The summed E-state index contributed by atoms with van der Waals surface area (Å²) in [4.78, 5) is 4.16. The van der Waals surface area contributed by atoms with Crippen LogP contribution in [0.4, 0.5) is 4.39 Å². The summed E-state index contributed by atoms with van der Waals surface area (Å²) in [6.07, 6.45) is 0. The van der Waals surface area contributed by atoms with Gasteiger partial charge < -0.3 is 5.73 Å². The van der Waals surface area contributed by atoms with Gasteiger partial charge in [-0.3, -0.25) is 4.99 Å². The van der Waals surface area contributed by atoms with Crippen molar-refractivity contribution in [2.45, 2.75) is 0 Å². The van der Waals surface area contributed by atoms with Crippen LogP contribution in [0.2, 0.25) is 0 Å². The molecule has 1 aliphatic heterocycles. The third-order valence-electron chi connectivity index (χ3n) is 2.02. The molecular formula is C10H8ClFN2. The Morgan fingerprint density at radius 3 is 2.43 bits per heavy atom. The minimum Gasteiger partial charge on any atom is -0.399 e. The van der Waals surface area contributed by atoms with Crippen LogP contribution in [0.25, 0.3) is 0 Å². The SMILES string of the molecule is NC1=C(Cl)C(c2ccc(F)cc2)=NC1. The molecule has 0 saturated carbocycles. The maximum absolute atomic E-state index is 12.6. The van der Waals surface area contributed by atoms with Crippen molar-refractivity contribution in [3.8, 4) is 0 Å². The summed E-state index contributed by atoms with van der Waals surface area (Å²) in [7, 11) is 0. The highest BCUT2D eigenvalue weighted by Crippen LogP contribution is 2.20.